The number of hydrogen-bond donors (Lipinski definition) is 2. The second-order valence-electron chi connectivity index (χ2n) is 5.04. The summed E-state index contributed by atoms with van der Waals surface area (Å²) in [4.78, 5) is 11.0. The van der Waals surface area contributed by atoms with Crippen LogP contribution >= 0.6 is 11.6 Å². The average Bonchev–Trinajstić information content (AvgIpc) is 2.38. The van der Waals surface area contributed by atoms with Gasteiger partial charge in [0.1, 0.15) is 4.90 Å². The van der Waals surface area contributed by atoms with Crippen molar-refractivity contribution in [1.82, 2.24) is 9.62 Å². The lowest BCUT2D eigenvalue weighted by atomic mass is 10.1. The Balaban J connectivity index is 2.17. The normalized spacial score (nSPS) is 17.6. The number of nitrogen functional groups attached to an aromatic ring is 1. The van der Waals surface area contributed by atoms with E-state index in [4.69, 9.17) is 17.3 Å². The molecule has 0 aromatic heterocycles. The molecule has 0 saturated carbocycles. The largest absolute Gasteiger partial charge is 0.398 e. The highest BCUT2D eigenvalue weighted by atomic mass is 35.5. The molecule has 1 fully saturated rings. The van der Waals surface area contributed by atoms with Gasteiger partial charge in [0, 0.05) is 26.1 Å². The van der Waals surface area contributed by atoms with Crippen molar-refractivity contribution in [2.45, 2.75) is 30.7 Å². The van der Waals surface area contributed by atoms with Gasteiger partial charge in [0.05, 0.1) is 10.7 Å². The van der Waals surface area contributed by atoms with Crippen LogP contribution < -0.4 is 11.1 Å². The Morgan fingerprint density at radius 2 is 2.00 bits per heavy atom. The van der Waals surface area contributed by atoms with Gasteiger partial charge in [-0.2, -0.15) is 4.31 Å². The van der Waals surface area contributed by atoms with Crippen LogP contribution in [0.25, 0.3) is 0 Å². The lowest BCUT2D eigenvalue weighted by Crippen LogP contribution is -2.46. The quantitative estimate of drug-likeness (QED) is 0.814. The molecule has 1 amide bonds. The smallest absolute Gasteiger partial charge is 0.246 e. The second-order valence-corrected chi connectivity index (χ2v) is 7.32. The van der Waals surface area contributed by atoms with Crippen LogP contribution in [0.5, 0.6) is 0 Å². The number of nitrogens with zero attached hydrogens (tertiary/aromatic N) is 1. The molecule has 1 heterocycles. The van der Waals surface area contributed by atoms with Crippen molar-refractivity contribution in [2.24, 2.45) is 0 Å². The number of nitrogens with one attached hydrogen (secondary N) is 1. The Bertz CT molecular complexity index is 620. The van der Waals surface area contributed by atoms with E-state index < -0.39 is 10.0 Å². The minimum Gasteiger partial charge on any atom is -0.398 e. The molecule has 116 valence electrons. The summed E-state index contributed by atoms with van der Waals surface area (Å²) < 4.78 is 26.6. The minimum absolute atomic E-state index is 0.0116. The number of carbonyl (C=O) groups is 1. The van der Waals surface area contributed by atoms with Crippen molar-refractivity contribution in [2.75, 3.05) is 18.8 Å². The molecule has 21 heavy (non-hydrogen) atoms. The number of rotatable bonds is 3. The van der Waals surface area contributed by atoms with E-state index in [2.05, 4.69) is 5.32 Å². The molecule has 1 aromatic carbocycles. The van der Waals surface area contributed by atoms with Crippen LogP contribution in [0.1, 0.15) is 19.8 Å². The Hall–Kier alpha value is -1.31. The molecule has 3 N–H and O–H groups in total. The highest BCUT2D eigenvalue weighted by molar-refractivity contribution is 7.89. The number of halogens is 1. The van der Waals surface area contributed by atoms with Crippen LogP contribution in [0.2, 0.25) is 5.02 Å². The van der Waals surface area contributed by atoms with E-state index in [1.54, 1.807) is 6.07 Å². The monoisotopic (exact) mass is 331 g/mol. The van der Waals surface area contributed by atoms with Crippen LogP contribution in [0.15, 0.2) is 23.1 Å². The molecular formula is C13H18ClN3O3S. The molecule has 1 aliphatic heterocycles. The fraction of sp³-hybridized carbons (Fsp3) is 0.462. The predicted octanol–water partition coefficient (Wildman–Crippen LogP) is 1.21. The third kappa shape index (κ3) is 3.48. The third-order valence-corrected chi connectivity index (χ3v) is 5.90. The van der Waals surface area contributed by atoms with E-state index in [0.29, 0.717) is 25.9 Å². The van der Waals surface area contributed by atoms with E-state index in [1.165, 1.54) is 23.4 Å². The highest BCUT2D eigenvalue weighted by Gasteiger charge is 2.32. The van der Waals surface area contributed by atoms with E-state index in [0.717, 1.165) is 0 Å². The van der Waals surface area contributed by atoms with Crippen molar-refractivity contribution < 1.29 is 13.2 Å². The van der Waals surface area contributed by atoms with Gasteiger partial charge in [0.15, 0.2) is 0 Å². The first kappa shape index (κ1) is 16.1. The first-order chi connectivity index (χ1) is 9.82. The van der Waals surface area contributed by atoms with Gasteiger partial charge < -0.3 is 11.1 Å². The maximum Gasteiger partial charge on any atom is 0.246 e. The molecule has 1 aliphatic rings. The molecule has 1 aromatic rings. The van der Waals surface area contributed by atoms with Crippen molar-refractivity contribution in [3.63, 3.8) is 0 Å². The SMILES string of the molecule is CC(=O)NC1CCN(S(=O)(=O)c2c(N)cccc2Cl)CC1. The fourth-order valence-electron chi connectivity index (χ4n) is 2.45. The summed E-state index contributed by atoms with van der Waals surface area (Å²) in [5.41, 5.74) is 5.90. The Morgan fingerprint density at radius 1 is 1.38 bits per heavy atom. The Kier molecular flexibility index (Phi) is 4.75. The van der Waals surface area contributed by atoms with Crippen molar-refractivity contribution >= 4 is 33.2 Å². The van der Waals surface area contributed by atoms with Crippen molar-refractivity contribution in [3.05, 3.63) is 23.2 Å². The van der Waals surface area contributed by atoms with E-state index in [9.17, 15) is 13.2 Å². The Labute approximate surface area is 129 Å². The van der Waals surface area contributed by atoms with Crippen LogP contribution in [0.3, 0.4) is 0 Å². The molecule has 0 spiro atoms. The first-order valence-corrected chi connectivity index (χ1v) is 8.45. The summed E-state index contributed by atoms with van der Waals surface area (Å²) in [5, 5.41) is 2.93. The number of piperidine rings is 1. The molecule has 0 atom stereocenters. The maximum atomic E-state index is 12.6. The summed E-state index contributed by atoms with van der Waals surface area (Å²) >= 11 is 5.99. The molecule has 0 bridgehead atoms. The van der Waals surface area contributed by atoms with E-state index in [-0.39, 0.29) is 27.6 Å². The molecular weight excluding hydrogens is 314 g/mol. The Morgan fingerprint density at radius 3 is 2.52 bits per heavy atom. The molecule has 0 unspecified atom stereocenters. The summed E-state index contributed by atoms with van der Waals surface area (Å²) in [6, 6.07) is 4.65. The lowest BCUT2D eigenvalue weighted by Gasteiger charge is -2.31. The van der Waals surface area contributed by atoms with Gasteiger partial charge in [-0.05, 0) is 25.0 Å². The standard InChI is InChI=1S/C13H18ClN3O3S/c1-9(18)16-10-5-7-17(8-6-10)21(19,20)13-11(14)3-2-4-12(13)15/h2-4,10H,5-8,15H2,1H3,(H,16,18). The maximum absolute atomic E-state index is 12.6. The summed E-state index contributed by atoms with van der Waals surface area (Å²) in [5.74, 6) is -0.105. The molecule has 1 saturated heterocycles. The van der Waals surface area contributed by atoms with Gasteiger partial charge >= 0.3 is 0 Å². The zero-order valence-corrected chi connectivity index (χ0v) is 13.2. The van der Waals surface area contributed by atoms with Crippen molar-refractivity contribution in [1.29, 1.82) is 0 Å². The predicted molar refractivity (Wildman–Crippen MR) is 81.5 cm³/mol. The summed E-state index contributed by atoms with van der Waals surface area (Å²) in [7, 11) is -3.71. The lowest BCUT2D eigenvalue weighted by molar-refractivity contribution is -0.119. The van der Waals surface area contributed by atoms with Crippen LogP contribution in [0, 0.1) is 0 Å². The molecule has 2 rings (SSSR count). The van der Waals surface area contributed by atoms with Gasteiger partial charge in [-0.1, -0.05) is 17.7 Å². The molecule has 8 heteroatoms. The summed E-state index contributed by atoms with van der Waals surface area (Å²) in [6.45, 7) is 2.11. The number of anilines is 1. The number of nitrogens with two attached hydrogens (primary N) is 1. The zero-order chi connectivity index (χ0) is 15.6. The summed E-state index contributed by atoms with van der Waals surface area (Å²) in [6.07, 6.45) is 1.15. The van der Waals surface area contributed by atoms with Crippen LogP contribution in [-0.2, 0) is 14.8 Å². The van der Waals surface area contributed by atoms with E-state index >= 15 is 0 Å². The first-order valence-electron chi connectivity index (χ1n) is 6.63. The van der Waals surface area contributed by atoms with Gasteiger partial charge in [0.25, 0.3) is 0 Å². The molecule has 0 aliphatic carbocycles. The zero-order valence-electron chi connectivity index (χ0n) is 11.7. The molecule has 6 nitrogen and oxygen atoms in total. The number of amides is 1. The number of carbonyl (C=O) groups excluding carboxylic acids is 1. The number of hydrogen-bond acceptors (Lipinski definition) is 4. The third-order valence-electron chi connectivity index (χ3n) is 3.46. The van der Waals surface area contributed by atoms with Crippen LogP contribution in [0.4, 0.5) is 5.69 Å². The van der Waals surface area contributed by atoms with Gasteiger partial charge in [-0.15, -0.1) is 0 Å². The van der Waals surface area contributed by atoms with Crippen molar-refractivity contribution in [3.8, 4) is 0 Å². The fourth-order valence-corrected chi connectivity index (χ4v) is 4.56. The average molecular weight is 332 g/mol. The van der Waals surface area contributed by atoms with Gasteiger partial charge in [-0.3, -0.25) is 4.79 Å². The molecule has 0 radical (unpaired) electrons. The van der Waals surface area contributed by atoms with Gasteiger partial charge in [-0.25, -0.2) is 8.42 Å². The van der Waals surface area contributed by atoms with Crippen LogP contribution in [-0.4, -0.2) is 37.8 Å². The number of benzene rings is 1. The topological polar surface area (TPSA) is 92.5 Å². The van der Waals surface area contributed by atoms with E-state index in [1.807, 2.05) is 0 Å². The highest BCUT2D eigenvalue weighted by Crippen LogP contribution is 2.31. The second kappa shape index (κ2) is 6.21. The number of sulfonamides is 1. The van der Waals surface area contributed by atoms with Gasteiger partial charge in [0.2, 0.25) is 15.9 Å². The minimum atomic E-state index is -3.71.